The van der Waals surface area contributed by atoms with E-state index in [2.05, 4.69) is 16.4 Å². The number of para-hydroxylation sites is 1. The molecule has 0 fully saturated rings. The molecule has 0 aliphatic rings. The van der Waals surface area contributed by atoms with Crippen molar-refractivity contribution in [1.29, 1.82) is 0 Å². The van der Waals surface area contributed by atoms with E-state index in [4.69, 9.17) is 16.3 Å². The van der Waals surface area contributed by atoms with E-state index in [1.165, 1.54) is 11.8 Å². The van der Waals surface area contributed by atoms with Crippen molar-refractivity contribution >= 4 is 39.1 Å². The summed E-state index contributed by atoms with van der Waals surface area (Å²) in [4.78, 5) is 17.2. The third kappa shape index (κ3) is 3.86. The number of thiazole rings is 1. The molecule has 4 rings (SSSR count). The van der Waals surface area contributed by atoms with Crippen LogP contribution in [0.2, 0.25) is 5.02 Å². The molecule has 1 aromatic heterocycles. The first-order chi connectivity index (χ1) is 13.6. The van der Waals surface area contributed by atoms with E-state index < -0.39 is 0 Å². The van der Waals surface area contributed by atoms with E-state index in [-0.39, 0.29) is 5.91 Å². The zero-order valence-electron chi connectivity index (χ0n) is 15.1. The lowest BCUT2D eigenvalue weighted by Crippen LogP contribution is -2.23. The van der Waals surface area contributed by atoms with E-state index in [0.29, 0.717) is 22.9 Å². The van der Waals surface area contributed by atoms with E-state index >= 15 is 0 Å². The molecule has 1 heterocycles. The standard InChI is InChI=1S/C22H17ClN2O2S/c1-27-19-11-10-16(23)12-17(19)21(26)24-13-14-6-8-15(9-7-14)22-25-18-4-2-3-5-20(18)28-22/h2-12H,13H2,1H3,(H,24,26). The van der Waals surface area contributed by atoms with E-state index in [9.17, 15) is 4.79 Å². The summed E-state index contributed by atoms with van der Waals surface area (Å²) in [6.45, 7) is 0.411. The number of rotatable bonds is 5. The highest BCUT2D eigenvalue weighted by molar-refractivity contribution is 7.21. The first kappa shape index (κ1) is 18.5. The number of carbonyl (C=O) groups is 1. The van der Waals surface area contributed by atoms with Gasteiger partial charge < -0.3 is 10.1 Å². The average Bonchev–Trinajstić information content (AvgIpc) is 3.16. The molecule has 0 aliphatic carbocycles. The summed E-state index contributed by atoms with van der Waals surface area (Å²) in [5.41, 5.74) is 3.49. The molecule has 0 radical (unpaired) electrons. The van der Waals surface area contributed by atoms with E-state index in [1.807, 2.05) is 42.5 Å². The highest BCUT2D eigenvalue weighted by Gasteiger charge is 2.13. The van der Waals surface area contributed by atoms with Crippen molar-refractivity contribution in [2.75, 3.05) is 7.11 Å². The Bertz CT molecular complexity index is 1110. The SMILES string of the molecule is COc1ccc(Cl)cc1C(=O)NCc1ccc(-c2nc3ccccc3s2)cc1. The molecule has 0 bridgehead atoms. The van der Waals surface area contributed by atoms with Gasteiger partial charge in [-0.1, -0.05) is 48.0 Å². The quantitative estimate of drug-likeness (QED) is 0.470. The fourth-order valence-electron chi connectivity index (χ4n) is 2.90. The summed E-state index contributed by atoms with van der Waals surface area (Å²) in [5, 5.41) is 4.39. The van der Waals surface area contributed by atoms with Crippen LogP contribution in [0.5, 0.6) is 5.75 Å². The summed E-state index contributed by atoms with van der Waals surface area (Å²) in [6.07, 6.45) is 0. The van der Waals surface area contributed by atoms with Crippen molar-refractivity contribution in [3.63, 3.8) is 0 Å². The number of halogens is 1. The fraction of sp³-hybridized carbons (Fsp3) is 0.0909. The van der Waals surface area contributed by atoms with Gasteiger partial charge in [-0.3, -0.25) is 4.79 Å². The van der Waals surface area contributed by atoms with Crippen LogP contribution >= 0.6 is 22.9 Å². The summed E-state index contributed by atoms with van der Waals surface area (Å²) in [7, 11) is 1.53. The second kappa shape index (κ2) is 8.00. The number of aromatic nitrogens is 1. The molecule has 3 aromatic carbocycles. The van der Waals surface area contributed by atoms with Crippen LogP contribution in [0, 0.1) is 0 Å². The van der Waals surface area contributed by atoms with Gasteiger partial charge >= 0.3 is 0 Å². The van der Waals surface area contributed by atoms with Gasteiger partial charge in [-0.05, 0) is 35.9 Å². The topological polar surface area (TPSA) is 51.2 Å². The van der Waals surface area contributed by atoms with E-state index in [0.717, 1.165) is 21.7 Å². The zero-order chi connectivity index (χ0) is 19.5. The molecule has 4 aromatic rings. The van der Waals surface area contributed by atoms with Gasteiger partial charge in [0.1, 0.15) is 10.8 Å². The van der Waals surface area contributed by atoms with Crippen molar-refractivity contribution in [3.8, 4) is 16.3 Å². The molecule has 0 saturated heterocycles. The minimum absolute atomic E-state index is 0.227. The number of hydrogen-bond donors (Lipinski definition) is 1. The molecule has 0 spiro atoms. The van der Waals surface area contributed by atoms with Crippen LogP contribution in [0.1, 0.15) is 15.9 Å². The molecular formula is C22H17ClN2O2S. The van der Waals surface area contributed by atoms with Crippen LogP contribution in [-0.2, 0) is 6.54 Å². The van der Waals surface area contributed by atoms with Crippen molar-refractivity contribution in [2.24, 2.45) is 0 Å². The highest BCUT2D eigenvalue weighted by atomic mass is 35.5. The Hall–Kier alpha value is -2.89. The minimum Gasteiger partial charge on any atom is -0.496 e. The number of carbonyl (C=O) groups excluding carboxylic acids is 1. The largest absolute Gasteiger partial charge is 0.496 e. The monoisotopic (exact) mass is 408 g/mol. The summed E-state index contributed by atoms with van der Waals surface area (Å²) in [6, 6.07) is 21.1. The Labute approximate surface area is 171 Å². The third-order valence-electron chi connectivity index (χ3n) is 4.35. The van der Waals surface area contributed by atoms with Gasteiger partial charge in [0.05, 0.1) is 22.9 Å². The smallest absolute Gasteiger partial charge is 0.255 e. The molecular weight excluding hydrogens is 392 g/mol. The maximum atomic E-state index is 12.5. The van der Waals surface area contributed by atoms with Gasteiger partial charge in [-0.25, -0.2) is 4.98 Å². The number of amides is 1. The maximum Gasteiger partial charge on any atom is 0.255 e. The normalized spacial score (nSPS) is 10.8. The van der Waals surface area contributed by atoms with Crippen LogP contribution in [-0.4, -0.2) is 18.0 Å². The van der Waals surface area contributed by atoms with Gasteiger partial charge in [0.25, 0.3) is 5.91 Å². The Balaban J connectivity index is 1.46. The van der Waals surface area contributed by atoms with Crippen LogP contribution in [0.15, 0.2) is 66.7 Å². The predicted octanol–water partition coefficient (Wildman–Crippen LogP) is 5.56. The number of hydrogen-bond acceptors (Lipinski definition) is 4. The minimum atomic E-state index is -0.227. The molecule has 28 heavy (non-hydrogen) atoms. The Morgan fingerprint density at radius 2 is 1.89 bits per heavy atom. The van der Waals surface area contributed by atoms with Crippen molar-refractivity contribution in [3.05, 3.63) is 82.9 Å². The van der Waals surface area contributed by atoms with Crippen molar-refractivity contribution in [2.45, 2.75) is 6.54 Å². The lowest BCUT2D eigenvalue weighted by molar-refractivity contribution is 0.0948. The number of ether oxygens (including phenoxy) is 1. The predicted molar refractivity (Wildman–Crippen MR) is 114 cm³/mol. The van der Waals surface area contributed by atoms with Crippen LogP contribution < -0.4 is 10.1 Å². The van der Waals surface area contributed by atoms with Gasteiger partial charge in [0.15, 0.2) is 0 Å². The molecule has 0 unspecified atom stereocenters. The Morgan fingerprint density at radius 3 is 2.64 bits per heavy atom. The number of methoxy groups -OCH3 is 1. The van der Waals surface area contributed by atoms with Crippen LogP contribution in [0.25, 0.3) is 20.8 Å². The first-order valence-electron chi connectivity index (χ1n) is 8.70. The lowest BCUT2D eigenvalue weighted by Gasteiger charge is -2.10. The molecule has 140 valence electrons. The van der Waals surface area contributed by atoms with Crippen LogP contribution in [0.4, 0.5) is 0 Å². The van der Waals surface area contributed by atoms with Crippen molar-refractivity contribution < 1.29 is 9.53 Å². The fourth-order valence-corrected chi connectivity index (χ4v) is 4.04. The average molecular weight is 409 g/mol. The lowest BCUT2D eigenvalue weighted by atomic mass is 10.1. The van der Waals surface area contributed by atoms with Crippen molar-refractivity contribution in [1.82, 2.24) is 10.3 Å². The molecule has 0 atom stereocenters. The summed E-state index contributed by atoms with van der Waals surface area (Å²) in [5.74, 6) is 0.266. The van der Waals surface area contributed by atoms with Gasteiger partial charge in [-0.15, -0.1) is 11.3 Å². The highest BCUT2D eigenvalue weighted by Crippen LogP contribution is 2.30. The molecule has 0 saturated carbocycles. The first-order valence-corrected chi connectivity index (χ1v) is 9.90. The second-order valence-corrected chi connectivity index (χ2v) is 7.68. The Morgan fingerprint density at radius 1 is 1.11 bits per heavy atom. The number of benzene rings is 3. The number of nitrogens with one attached hydrogen (secondary N) is 1. The number of fused-ring (bicyclic) bond motifs is 1. The van der Waals surface area contributed by atoms with Gasteiger partial charge in [0, 0.05) is 17.1 Å². The summed E-state index contributed by atoms with van der Waals surface area (Å²) < 4.78 is 6.41. The molecule has 1 amide bonds. The molecule has 4 nitrogen and oxygen atoms in total. The molecule has 1 N–H and O–H groups in total. The molecule has 0 aliphatic heterocycles. The third-order valence-corrected chi connectivity index (χ3v) is 5.67. The maximum absolute atomic E-state index is 12.5. The second-order valence-electron chi connectivity index (χ2n) is 6.21. The summed E-state index contributed by atoms with van der Waals surface area (Å²) >= 11 is 7.67. The Kier molecular flexibility index (Phi) is 5.28. The zero-order valence-corrected chi connectivity index (χ0v) is 16.7. The van der Waals surface area contributed by atoms with Crippen LogP contribution in [0.3, 0.4) is 0 Å². The van der Waals surface area contributed by atoms with Gasteiger partial charge in [0.2, 0.25) is 0 Å². The number of nitrogens with zero attached hydrogens (tertiary/aromatic N) is 1. The van der Waals surface area contributed by atoms with E-state index in [1.54, 1.807) is 29.5 Å². The molecule has 6 heteroatoms. The van der Waals surface area contributed by atoms with Gasteiger partial charge in [-0.2, -0.15) is 0 Å².